The number of rotatable bonds is 5. The molecule has 1 aromatic carbocycles. The number of benzene rings is 1. The summed E-state index contributed by atoms with van der Waals surface area (Å²) >= 11 is 6.07. The van der Waals surface area contributed by atoms with Crippen molar-refractivity contribution in [1.82, 2.24) is 0 Å². The summed E-state index contributed by atoms with van der Waals surface area (Å²) in [7, 11) is 0. The zero-order valence-corrected chi connectivity index (χ0v) is 14.1. The molecule has 0 saturated carbocycles. The molecule has 0 aromatic heterocycles. The van der Waals surface area contributed by atoms with Gasteiger partial charge in [-0.1, -0.05) is 44.0 Å². The first-order valence-corrected chi connectivity index (χ1v) is 8.21. The third-order valence-electron chi connectivity index (χ3n) is 2.89. The molecule has 1 aromatic rings. The van der Waals surface area contributed by atoms with Gasteiger partial charge in [0.05, 0.1) is 0 Å². The molecule has 0 aliphatic carbocycles. The Balaban J connectivity index is 3.54. The summed E-state index contributed by atoms with van der Waals surface area (Å²) in [6.45, 7) is 0. The third-order valence-corrected chi connectivity index (χ3v) is 3.68. The van der Waals surface area contributed by atoms with Gasteiger partial charge in [0, 0.05) is 16.2 Å². The number of halogens is 9. The lowest BCUT2D eigenvalue weighted by Crippen LogP contribution is -2.50. The molecule has 1 radical (unpaired) electrons. The first kappa shape index (κ1) is 19.7. The Labute approximate surface area is 139 Å². The standard InChI is InChI=1S/C13H10Br2F7/c14-3-1-8-5-9(2-4-15)7-10(6-8)11(16,12(17,18)19)13(20,21)22/h6-7H,1-4H2. The van der Waals surface area contributed by atoms with Crippen molar-refractivity contribution in [3.05, 3.63) is 34.9 Å². The lowest BCUT2D eigenvalue weighted by Gasteiger charge is -2.31. The van der Waals surface area contributed by atoms with Gasteiger partial charge in [0.25, 0.3) is 0 Å². The predicted octanol–water partition coefficient (Wildman–Crippen LogP) is 5.65. The van der Waals surface area contributed by atoms with Crippen molar-refractivity contribution >= 4 is 31.9 Å². The fourth-order valence-corrected chi connectivity index (χ4v) is 2.71. The molecule has 1 rings (SSSR count). The molecule has 0 heterocycles. The molecule has 0 bridgehead atoms. The van der Waals surface area contributed by atoms with Crippen molar-refractivity contribution < 1.29 is 30.7 Å². The maximum absolute atomic E-state index is 14.1. The Bertz CT molecular complexity index is 470. The van der Waals surface area contributed by atoms with E-state index in [-0.39, 0.29) is 24.0 Å². The average molecular weight is 459 g/mol. The van der Waals surface area contributed by atoms with E-state index >= 15 is 0 Å². The van der Waals surface area contributed by atoms with Crippen LogP contribution in [0, 0.1) is 6.07 Å². The zero-order chi connectivity index (χ0) is 17.2. The second-order valence-corrected chi connectivity index (χ2v) is 6.04. The summed E-state index contributed by atoms with van der Waals surface area (Å²) in [6, 6.07) is 3.84. The molecule has 0 amide bonds. The number of aryl methyl sites for hydroxylation is 2. The van der Waals surface area contributed by atoms with Crippen LogP contribution >= 0.6 is 31.9 Å². The Morgan fingerprint density at radius 1 is 0.773 bits per heavy atom. The molecule has 9 heteroatoms. The second-order valence-electron chi connectivity index (χ2n) is 4.45. The minimum Gasteiger partial charge on any atom is -0.218 e. The number of hydrogen-bond donors (Lipinski definition) is 0. The van der Waals surface area contributed by atoms with Gasteiger partial charge in [-0.05, 0) is 30.0 Å². The van der Waals surface area contributed by atoms with Gasteiger partial charge in [0.2, 0.25) is 0 Å². The summed E-state index contributed by atoms with van der Waals surface area (Å²) in [5.41, 5.74) is -6.70. The monoisotopic (exact) mass is 457 g/mol. The van der Waals surface area contributed by atoms with Crippen LogP contribution < -0.4 is 0 Å². The van der Waals surface area contributed by atoms with E-state index in [2.05, 4.69) is 37.9 Å². The van der Waals surface area contributed by atoms with Crippen LogP contribution in [0.5, 0.6) is 0 Å². The number of alkyl halides is 9. The second kappa shape index (κ2) is 7.07. The highest BCUT2D eigenvalue weighted by Crippen LogP contribution is 2.53. The molecule has 22 heavy (non-hydrogen) atoms. The number of hydrogen-bond acceptors (Lipinski definition) is 0. The summed E-state index contributed by atoms with van der Waals surface area (Å²) in [5.74, 6) is 0. The van der Waals surface area contributed by atoms with Gasteiger partial charge in [-0.25, -0.2) is 4.39 Å². The molecule has 0 N–H and O–H groups in total. The fourth-order valence-electron chi connectivity index (χ4n) is 1.86. The van der Waals surface area contributed by atoms with Crippen LogP contribution in [0.25, 0.3) is 0 Å². The molecule has 0 nitrogen and oxygen atoms in total. The molecule has 0 saturated heterocycles. The molecular formula is C13H10Br2F7. The van der Waals surface area contributed by atoms with E-state index in [9.17, 15) is 30.7 Å². The lowest BCUT2D eigenvalue weighted by molar-refractivity contribution is -0.348. The van der Waals surface area contributed by atoms with Crippen molar-refractivity contribution in [2.45, 2.75) is 30.9 Å². The molecule has 0 aliphatic rings. The highest BCUT2D eigenvalue weighted by atomic mass is 79.9. The molecular weight excluding hydrogens is 449 g/mol. The minimum absolute atomic E-state index is 0.0841. The van der Waals surface area contributed by atoms with Crippen LogP contribution in [0.4, 0.5) is 30.7 Å². The third kappa shape index (κ3) is 3.96. The van der Waals surface area contributed by atoms with Crippen molar-refractivity contribution in [2.75, 3.05) is 10.7 Å². The maximum atomic E-state index is 14.1. The van der Waals surface area contributed by atoms with Crippen molar-refractivity contribution in [1.29, 1.82) is 0 Å². The SMILES string of the molecule is FC(F)(F)C(F)(c1cc(CCBr)[c]c(CCBr)c1)C(F)(F)F. The Morgan fingerprint density at radius 2 is 1.14 bits per heavy atom. The van der Waals surface area contributed by atoms with Gasteiger partial charge in [-0.3, -0.25) is 0 Å². The zero-order valence-electron chi connectivity index (χ0n) is 10.9. The molecule has 0 fully saturated rings. The quantitative estimate of drug-likeness (QED) is 0.395. The van der Waals surface area contributed by atoms with Crippen molar-refractivity contribution in [2.24, 2.45) is 0 Å². The van der Waals surface area contributed by atoms with Crippen LogP contribution in [0.1, 0.15) is 16.7 Å². The van der Waals surface area contributed by atoms with Crippen LogP contribution in [-0.2, 0) is 18.5 Å². The van der Waals surface area contributed by atoms with Gasteiger partial charge in [0.1, 0.15) is 0 Å². The topological polar surface area (TPSA) is 0 Å². The normalized spacial score (nSPS) is 13.5. The van der Waals surface area contributed by atoms with E-state index in [1.54, 1.807) is 0 Å². The molecule has 0 aliphatic heterocycles. The minimum atomic E-state index is -6.11. The van der Waals surface area contributed by atoms with Gasteiger partial charge >= 0.3 is 18.0 Å². The van der Waals surface area contributed by atoms with Crippen LogP contribution in [0.3, 0.4) is 0 Å². The average Bonchev–Trinajstić information content (AvgIpc) is 2.35. The first-order chi connectivity index (χ1) is 9.97. The summed E-state index contributed by atoms with van der Waals surface area (Å²) in [5, 5.41) is 0.607. The highest BCUT2D eigenvalue weighted by Gasteiger charge is 2.73. The molecule has 125 valence electrons. The largest absolute Gasteiger partial charge is 0.435 e. The van der Waals surface area contributed by atoms with Gasteiger partial charge < -0.3 is 0 Å². The van der Waals surface area contributed by atoms with Crippen molar-refractivity contribution in [3.8, 4) is 0 Å². The molecule has 0 spiro atoms. The van der Waals surface area contributed by atoms with Gasteiger partial charge in [-0.15, -0.1) is 0 Å². The maximum Gasteiger partial charge on any atom is 0.435 e. The van der Waals surface area contributed by atoms with E-state index < -0.39 is 23.6 Å². The summed E-state index contributed by atoms with van der Waals surface area (Å²) in [6.07, 6.45) is -11.9. The van der Waals surface area contributed by atoms with E-state index in [1.807, 2.05) is 0 Å². The van der Waals surface area contributed by atoms with Crippen LogP contribution in [0.15, 0.2) is 12.1 Å². The van der Waals surface area contributed by atoms with E-state index in [1.165, 1.54) is 0 Å². The molecule has 0 unspecified atom stereocenters. The van der Waals surface area contributed by atoms with Gasteiger partial charge in [-0.2, -0.15) is 26.3 Å². The highest BCUT2D eigenvalue weighted by molar-refractivity contribution is 9.09. The Kier molecular flexibility index (Phi) is 6.34. The predicted molar refractivity (Wildman–Crippen MR) is 75.2 cm³/mol. The van der Waals surface area contributed by atoms with E-state index in [0.717, 1.165) is 0 Å². The smallest absolute Gasteiger partial charge is 0.218 e. The van der Waals surface area contributed by atoms with E-state index in [4.69, 9.17) is 0 Å². The Hall–Kier alpha value is -0.310. The van der Waals surface area contributed by atoms with Crippen LogP contribution in [-0.4, -0.2) is 23.0 Å². The van der Waals surface area contributed by atoms with E-state index in [0.29, 0.717) is 22.8 Å². The summed E-state index contributed by atoms with van der Waals surface area (Å²) in [4.78, 5) is 0. The summed E-state index contributed by atoms with van der Waals surface area (Å²) < 4.78 is 90.9. The van der Waals surface area contributed by atoms with Crippen LogP contribution in [0.2, 0.25) is 0 Å². The first-order valence-electron chi connectivity index (χ1n) is 5.97. The van der Waals surface area contributed by atoms with Gasteiger partial charge in [0.15, 0.2) is 0 Å². The van der Waals surface area contributed by atoms with Crippen molar-refractivity contribution in [3.63, 3.8) is 0 Å². The fraction of sp³-hybridized carbons (Fsp3) is 0.538. The lowest BCUT2D eigenvalue weighted by atomic mass is 9.90. The molecule has 0 atom stereocenters. The Morgan fingerprint density at radius 3 is 1.41 bits per heavy atom.